The van der Waals surface area contributed by atoms with E-state index in [9.17, 15) is 4.79 Å². The van der Waals surface area contributed by atoms with Crippen molar-refractivity contribution in [1.29, 1.82) is 0 Å². The Morgan fingerprint density at radius 1 is 1.04 bits per heavy atom. The van der Waals surface area contributed by atoms with E-state index in [-0.39, 0.29) is 5.91 Å². The zero-order valence-corrected chi connectivity index (χ0v) is 14.5. The molecule has 0 unspecified atom stereocenters. The maximum atomic E-state index is 12.7. The maximum Gasteiger partial charge on any atom is 0.258 e. The lowest BCUT2D eigenvalue weighted by Gasteiger charge is -2.08. The highest BCUT2D eigenvalue weighted by molar-refractivity contribution is 7.15. The summed E-state index contributed by atoms with van der Waals surface area (Å²) in [6, 6.07) is 17.5. The van der Waals surface area contributed by atoms with Crippen LogP contribution in [0.15, 0.2) is 54.6 Å². The zero-order chi connectivity index (χ0) is 16.9. The van der Waals surface area contributed by atoms with Crippen molar-refractivity contribution in [3.8, 4) is 11.1 Å². The number of anilines is 1. The average Bonchev–Trinajstić information content (AvgIpc) is 3.01. The normalized spacial score (nSPS) is 10.8. The third-order valence-electron chi connectivity index (χ3n) is 3.53. The summed E-state index contributed by atoms with van der Waals surface area (Å²) in [7, 11) is 0. The van der Waals surface area contributed by atoms with E-state index < -0.39 is 0 Å². The lowest BCUT2D eigenvalue weighted by Crippen LogP contribution is -2.13. The molecule has 122 valence electrons. The van der Waals surface area contributed by atoms with Crippen LogP contribution >= 0.6 is 11.3 Å². The van der Waals surface area contributed by atoms with Gasteiger partial charge < -0.3 is 0 Å². The first-order chi connectivity index (χ1) is 11.6. The SMILES string of the molecule is CC(C)Cc1nnc(NC(=O)c2ccccc2-c2ccccc2)s1. The summed E-state index contributed by atoms with van der Waals surface area (Å²) in [6.45, 7) is 4.27. The quantitative estimate of drug-likeness (QED) is 0.737. The van der Waals surface area contributed by atoms with Crippen molar-refractivity contribution in [2.75, 3.05) is 5.32 Å². The van der Waals surface area contributed by atoms with Crippen molar-refractivity contribution >= 4 is 22.4 Å². The molecule has 0 atom stereocenters. The smallest absolute Gasteiger partial charge is 0.258 e. The van der Waals surface area contributed by atoms with Gasteiger partial charge in [0.1, 0.15) is 5.01 Å². The van der Waals surface area contributed by atoms with E-state index in [1.54, 1.807) is 0 Å². The van der Waals surface area contributed by atoms with E-state index >= 15 is 0 Å². The summed E-state index contributed by atoms with van der Waals surface area (Å²) in [5.41, 5.74) is 2.55. The van der Waals surface area contributed by atoms with Gasteiger partial charge in [0.15, 0.2) is 0 Å². The first-order valence-corrected chi connectivity index (χ1v) is 8.73. The summed E-state index contributed by atoms with van der Waals surface area (Å²) >= 11 is 1.43. The fraction of sp³-hybridized carbons (Fsp3) is 0.211. The molecule has 0 aliphatic heterocycles. The first-order valence-electron chi connectivity index (χ1n) is 7.91. The van der Waals surface area contributed by atoms with Crippen LogP contribution in [0.1, 0.15) is 29.2 Å². The molecule has 0 fully saturated rings. The van der Waals surface area contributed by atoms with Gasteiger partial charge in [0.05, 0.1) is 0 Å². The number of hydrogen-bond acceptors (Lipinski definition) is 4. The molecule has 4 nitrogen and oxygen atoms in total. The van der Waals surface area contributed by atoms with Gasteiger partial charge in [-0.1, -0.05) is 73.7 Å². The first kappa shape index (κ1) is 16.3. The molecule has 0 saturated carbocycles. The molecule has 5 heteroatoms. The molecule has 0 spiro atoms. The number of nitrogens with zero attached hydrogens (tertiary/aromatic N) is 2. The third-order valence-corrected chi connectivity index (χ3v) is 4.39. The van der Waals surface area contributed by atoms with E-state index in [0.29, 0.717) is 16.6 Å². The van der Waals surface area contributed by atoms with Gasteiger partial charge in [0, 0.05) is 12.0 Å². The summed E-state index contributed by atoms with van der Waals surface area (Å²) in [4.78, 5) is 12.7. The van der Waals surface area contributed by atoms with Crippen molar-refractivity contribution in [3.63, 3.8) is 0 Å². The maximum absolute atomic E-state index is 12.7. The van der Waals surface area contributed by atoms with E-state index in [1.807, 2.05) is 54.6 Å². The monoisotopic (exact) mass is 337 g/mol. The van der Waals surface area contributed by atoms with Gasteiger partial charge in [-0.05, 0) is 23.1 Å². The van der Waals surface area contributed by atoms with E-state index in [2.05, 4.69) is 29.4 Å². The van der Waals surface area contributed by atoms with Gasteiger partial charge >= 0.3 is 0 Å². The lowest BCUT2D eigenvalue weighted by atomic mass is 9.99. The Bertz CT molecular complexity index is 827. The molecule has 1 aromatic heterocycles. The van der Waals surface area contributed by atoms with Crippen molar-refractivity contribution < 1.29 is 4.79 Å². The molecule has 1 N–H and O–H groups in total. The molecule has 3 aromatic rings. The minimum atomic E-state index is -0.165. The van der Waals surface area contributed by atoms with Crippen LogP contribution in [-0.2, 0) is 6.42 Å². The standard InChI is InChI=1S/C19H19N3OS/c1-13(2)12-17-21-22-19(24-17)20-18(23)16-11-7-6-10-15(16)14-8-4-3-5-9-14/h3-11,13H,12H2,1-2H3,(H,20,22,23). The van der Waals surface area contributed by atoms with Crippen LogP contribution in [0.25, 0.3) is 11.1 Å². The summed E-state index contributed by atoms with van der Waals surface area (Å²) < 4.78 is 0. The number of aromatic nitrogens is 2. The molecule has 1 amide bonds. The molecule has 0 bridgehead atoms. The predicted molar refractivity (Wildman–Crippen MR) is 98.3 cm³/mol. The Morgan fingerprint density at radius 2 is 1.75 bits per heavy atom. The fourth-order valence-corrected chi connectivity index (χ4v) is 3.40. The van der Waals surface area contributed by atoms with Crippen molar-refractivity contribution in [1.82, 2.24) is 10.2 Å². The van der Waals surface area contributed by atoms with Gasteiger partial charge in [-0.2, -0.15) is 0 Å². The predicted octanol–water partition coefficient (Wildman–Crippen LogP) is 4.66. The highest BCUT2D eigenvalue weighted by atomic mass is 32.1. The topological polar surface area (TPSA) is 54.9 Å². The number of benzene rings is 2. The third kappa shape index (κ3) is 3.86. The zero-order valence-electron chi connectivity index (χ0n) is 13.7. The van der Waals surface area contributed by atoms with Crippen LogP contribution in [0.2, 0.25) is 0 Å². The minimum absolute atomic E-state index is 0.165. The van der Waals surface area contributed by atoms with Crippen molar-refractivity contribution in [2.45, 2.75) is 20.3 Å². The van der Waals surface area contributed by atoms with E-state index in [1.165, 1.54) is 11.3 Å². The number of nitrogens with one attached hydrogen (secondary N) is 1. The number of amides is 1. The molecule has 0 radical (unpaired) electrons. The highest BCUT2D eigenvalue weighted by Crippen LogP contribution is 2.25. The van der Waals surface area contributed by atoms with Gasteiger partial charge in [0.25, 0.3) is 5.91 Å². The highest BCUT2D eigenvalue weighted by Gasteiger charge is 2.15. The van der Waals surface area contributed by atoms with Crippen LogP contribution in [0.3, 0.4) is 0 Å². The molecule has 1 heterocycles. The Morgan fingerprint density at radius 3 is 2.50 bits per heavy atom. The minimum Gasteiger partial charge on any atom is -0.296 e. The van der Waals surface area contributed by atoms with E-state index in [0.717, 1.165) is 22.6 Å². The molecule has 0 aliphatic rings. The molecule has 0 aliphatic carbocycles. The molecule has 0 saturated heterocycles. The molecular formula is C19H19N3OS. The molecule has 3 rings (SSSR count). The Balaban J connectivity index is 1.82. The van der Waals surface area contributed by atoms with Gasteiger partial charge in [-0.25, -0.2) is 0 Å². The number of rotatable bonds is 5. The number of hydrogen-bond donors (Lipinski definition) is 1. The summed E-state index contributed by atoms with van der Waals surface area (Å²) in [6.07, 6.45) is 0.869. The van der Waals surface area contributed by atoms with Crippen molar-refractivity contribution in [3.05, 3.63) is 65.2 Å². The second-order valence-electron chi connectivity index (χ2n) is 5.96. The molecular weight excluding hydrogens is 318 g/mol. The Labute approximate surface area is 145 Å². The summed E-state index contributed by atoms with van der Waals surface area (Å²) in [5.74, 6) is 0.349. The fourth-order valence-electron chi connectivity index (χ4n) is 2.45. The largest absolute Gasteiger partial charge is 0.296 e. The molecule has 24 heavy (non-hydrogen) atoms. The van der Waals surface area contributed by atoms with Gasteiger partial charge in [-0.15, -0.1) is 10.2 Å². The second kappa shape index (κ2) is 7.36. The number of carbonyl (C=O) groups is 1. The van der Waals surface area contributed by atoms with Crippen LogP contribution in [-0.4, -0.2) is 16.1 Å². The van der Waals surface area contributed by atoms with Crippen molar-refractivity contribution in [2.24, 2.45) is 5.92 Å². The Kier molecular flexibility index (Phi) is 5.01. The lowest BCUT2D eigenvalue weighted by molar-refractivity contribution is 0.102. The average molecular weight is 337 g/mol. The Hall–Kier alpha value is -2.53. The van der Waals surface area contributed by atoms with Crippen LogP contribution in [0, 0.1) is 5.92 Å². The van der Waals surface area contributed by atoms with Gasteiger partial charge in [-0.3, -0.25) is 10.1 Å². The second-order valence-corrected chi connectivity index (χ2v) is 7.03. The van der Waals surface area contributed by atoms with E-state index in [4.69, 9.17) is 0 Å². The van der Waals surface area contributed by atoms with Gasteiger partial charge in [0.2, 0.25) is 5.13 Å². The molecule has 2 aromatic carbocycles. The van der Waals surface area contributed by atoms with Crippen LogP contribution in [0.5, 0.6) is 0 Å². The van der Waals surface area contributed by atoms with Crippen LogP contribution < -0.4 is 5.32 Å². The van der Waals surface area contributed by atoms with Crippen LogP contribution in [0.4, 0.5) is 5.13 Å². The summed E-state index contributed by atoms with van der Waals surface area (Å²) in [5, 5.41) is 12.6. The number of carbonyl (C=O) groups excluding carboxylic acids is 1.